The van der Waals surface area contributed by atoms with E-state index in [1.54, 1.807) is 30.0 Å². The van der Waals surface area contributed by atoms with Crippen molar-refractivity contribution < 1.29 is 22.7 Å². The van der Waals surface area contributed by atoms with Gasteiger partial charge in [0.1, 0.15) is 11.9 Å². The molecule has 1 amide bonds. The van der Waals surface area contributed by atoms with Gasteiger partial charge in [-0.1, -0.05) is 0 Å². The maximum absolute atomic E-state index is 13.3. The zero-order chi connectivity index (χ0) is 25.5. The number of rotatable bonds is 5. The number of nitrogens with two attached hydrogens (primary N) is 1. The fraction of sp³-hybridized carbons (Fsp3) is 0.375. The number of aryl methyl sites for hydroxylation is 1. The van der Waals surface area contributed by atoms with Crippen LogP contribution in [0, 0.1) is 0 Å². The number of ether oxygens (including phenoxy) is 1. The minimum Gasteiger partial charge on any atom is -0.488 e. The number of carbonyl (C=O) groups excluding carboxylic acids is 1. The molecule has 0 radical (unpaired) electrons. The lowest BCUT2D eigenvalue weighted by Crippen LogP contribution is -2.28. The van der Waals surface area contributed by atoms with Crippen molar-refractivity contribution in [3.05, 3.63) is 57.9 Å². The van der Waals surface area contributed by atoms with Gasteiger partial charge in [0.25, 0.3) is 5.56 Å². The number of alkyl halides is 3. The molecule has 0 spiro atoms. The van der Waals surface area contributed by atoms with Crippen LogP contribution in [0.1, 0.15) is 37.4 Å². The predicted molar refractivity (Wildman–Crippen MR) is 126 cm³/mol. The number of halogens is 3. The van der Waals surface area contributed by atoms with Crippen LogP contribution >= 0.6 is 0 Å². The molecule has 4 rings (SSSR count). The van der Waals surface area contributed by atoms with Crippen LogP contribution in [0.3, 0.4) is 0 Å². The van der Waals surface area contributed by atoms with E-state index >= 15 is 0 Å². The first-order chi connectivity index (χ1) is 16.4. The van der Waals surface area contributed by atoms with Gasteiger partial charge >= 0.3 is 6.18 Å². The molecular weight excluding hydrogens is 463 g/mol. The molecule has 1 fully saturated rings. The van der Waals surface area contributed by atoms with Crippen molar-refractivity contribution in [3.63, 3.8) is 0 Å². The van der Waals surface area contributed by atoms with Crippen LogP contribution in [-0.2, 0) is 18.0 Å². The van der Waals surface area contributed by atoms with Gasteiger partial charge in [0.2, 0.25) is 5.91 Å². The van der Waals surface area contributed by atoms with Crippen molar-refractivity contribution >= 4 is 28.2 Å². The highest BCUT2D eigenvalue weighted by atomic mass is 19.4. The molecule has 1 aliphatic rings. The lowest BCUT2D eigenvalue weighted by Gasteiger charge is -2.20. The van der Waals surface area contributed by atoms with E-state index in [1.807, 2.05) is 0 Å². The van der Waals surface area contributed by atoms with Gasteiger partial charge in [-0.2, -0.15) is 18.3 Å². The molecule has 186 valence electrons. The summed E-state index contributed by atoms with van der Waals surface area (Å²) in [4.78, 5) is 26.0. The van der Waals surface area contributed by atoms with Gasteiger partial charge < -0.3 is 20.7 Å². The van der Waals surface area contributed by atoms with E-state index in [0.717, 1.165) is 12.1 Å². The lowest BCUT2D eigenvalue weighted by atomic mass is 10.0. The zero-order valence-corrected chi connectivity index (χ0v) is 19.5. The molecule has 1 aliphatic heterocycles. The van der Waals surface area contributed by atoms with Crippen molar-refractivity contribution in [1.82, 2.24) is 14.7 Å². The molecule has 1 aromatic heterocycles. The molecule has 3 aromatic rings. The smallest absolute Gasteiger partial charge is 0.416 e. The summed E-state index contributed by atoms with van der Waals surface area (Å²) in [6, 6.07) is 7.77. The Morgan fingerprint density at radius 1 is 1.23 bits per heavy atom. The molecule has 2 atom stereocenters. The van der Waals surface area contributed by atoms with Crippen LogP contribution in [0.15, 0.2) is 41.2 Å². The van der Waals surface area contributed by atoms with Gasteiger partial charge in [0.05, 0.1) is 23.5 Å². The number of hydrogen-bond donors (Lipinski definition) is 2. The van der Waals surface area contributed by atoms with Gasteiger partial charge in [-0.25, -0.2) is 4.68 Å². The number of amides is 1. The number of nitrogen functional groups attached to an aromatic ring is 1. The summed E-state index contributed by atoms with van der Waals surface area (Å²) in [6.07, 6.45) is -4.03. The van der Waals surface area contributed by atoms with Crippen molar-refractivity contribution in [3.8, 4) is 5.75 Å². The van der Waals surface area contributed by atoms with Gasteiger partial charge in [0.15, 0.2) is 5.82 Å². The van der Waals surface area contributed by atoms with E-state index in [4.69, 9.17) is 10.5 Å². The van der Waals surface area contributed by atoms with Crippen LogP contribution < -0.4 is 21.3 Å². The van der Waals surface area contributed by atoms with E-state index < -0.39 is 17.8 Å². The molecular formula is C24H26F3N5O3. The third kappa shape index (κ3) is 5.18. The van der Waals surface area contributed by atoms with E-state index in [0.29, 0.717) is 47.4 Å². The van der Waals surface area contributed by atoms with Crippen LogP contribution in [0.4, 0.5) is 24.7 Å². The maximum Gasteiger partial charge on any atom is 0.416 e. The number of anilines is 2. The second-order valence-corrected chi connectivity index (χ2v) is 8.73. The number of hydrogen-bond acceptors (Lipinski definition) is 6. The van der Waals surface area contributed by atoms with Crippen LogP contribution in [0.2, 0.25) is 0 Å². The molecule has 11 heteroatoms. The third-order valence-corrected chi connectivity index (χ3v) is 6.07. The first-order valence-electron chi connectivity index (χ1n) is 11.1. The highest BCUT2D eigenvalue weighted by Crippen LogP contribution is 2.34. The predicted octanol–water partition coefficient (Wildman–Crippen LogP) is 3.71. The SMILES string of the molecule is CC(=O)N1CC[C@H](Oc2ccc3c(=O)n(C)nc(NC(C)c4cc(N)cc(C(F)(F)F)c4)c3c2)C1. The number of likely N-dealkylation sites (tertiary alicyclic amines) is 1. The number of nitrogens with one attached hydrogen (secondary N) is 1. The number of nitrogens with zero attached hydrogens (tertiary/aromatic N) is 3. The fourth-order valence-electron chi connectivity index (χ4n) is 4.19. The average Bonchev–Trinajstić information content (AvgIpc) is 3.25. The molecule has 2 aromatic carbocycles. The van der Waals surface area contributed by atoms with E-state index in [9.17, 15) is 22.8 Å². The second-order valence-electron chi connectivity index (χ2n) is 8.73. The van der Waals surface area contributed by atoms with Gasteiger partial charge in [-0.3, -0.25) is 9.59 Å². The Morgan fingerprint density at radius 3 is 2.63 bits per heavy atom. The van der Waals surface area contributed by atoms with Crippen LogP contribution in [0.5, 0.6) is 5.75 Å². The van der Waals surface area contributed by atoms with Crippen LogP contribution in [-0.4, -0.2) is 39.8 Å². The summed E-state index contributed by atoms with van der Waals surface area (Å²) >= 11 is 0. The van der Waals surface area contributed by atoms with Gasteiger partial charge in [-0.05, 0) is 48.9 Å². The molecule has 0 aliphatic carbocycles. The van der Waals surface area contributed by atoms with Crippen molar-refractivity contribution in [2.75, 3.05) is 24.1 Å². The number of benzene rings is 2. The minimum absolute atomic E-state index is 0.00592. The highest BCUT2D eigenvalue weighted by molar-refractivity contribution is 5.92. The minimum atomic E-state index is -4.53. The molecule has 2 heterocycles. The average molecular weight is 489 g/mol. The van der Waals surface area contributed by atoms with Crippen molar-refractivity contribution in [2.45, 2.75) is 38.6 Å². The fourth-order valence-corrected chi connectivity index (χ4v) is 4.19. The summed E-state index contributed by atoms with van der Waals surface area (Å²) in [6.45, 7) is 4.28. The summed E-state index contributed by atoms with van der Waals surface area (Å²) in [5.74, 6) is 0.799. The summed E-state index contributed by atoms with van der Waals surface area (Å²) in [5, 5.41) is 8.27. The Balaban J connectivity index is 1.66. The van der Waals surface area contributed by atoms with Crippen LogP contribution in [0.25, 0.3) is 10.8 Å². The van der Waals surface area contributed by atoms with Gasteiger partial charge in [-0.15, -0.1) is 0 Å². The first kappa shape index (κ1) is 24.4. The van der Waals surface area contributed by atoms with Crippen molar-refractivity contribution in [1.29, 1.82) is 0 Å². The quantitative estimate of drug-likeness (QED) is 0.530. The van der Waals surface area contributed by atoms with Gasteiger partial charge in [0, 0.05) is 38.0 Å². The summed E-state index contributed by atoms with van der Waals surface area (Å²) in [7, 11) is 1.50. The largest absolute Gasteiger partial charge is 0.488 e. The van der Waals surface area contributed by atoms with E-state index in [-0.39, 0.29) is 23.3 Å². The van der Waals surface area contributed by atoms with E-state index in [1.165, 1.54) is 24.7 Å². The van der Waals surface area contributed by atoms with E-state index in [2.05, 4.69) is 10.4 Å². The first-order valence-corrected chi connectivity index (χ1v) is 11.1. The lowest BCUT2D eigenvalue weighted by molar-refractivity contribution is -0.137. The Kier molecular flexibility index (Phi) is 6.35. The highest BCUT2D eigenvalue weighted by Gasteiger charge is 2.31. The third-order valence-electron chi connectivity index (χ3n) is 6.07. The monoisotopic (exact) mass is 489 g/mol. The maximum atomic E-state index is 13.3. The molecule has 0 bridgehead atoms. The zero-order valence-electron chi connectivity index (χ0n) is 19.5. The molecule has 8 nitrogen and oxygen atoms in total. The number of aromatic nitrogens is 2. The summed E-state index contributed by atoms with van der Waals surface area (Å²) in [5.41, 5.74) is 4.87. The molecule has 35 heavy (non-hydrogen) atoms. The Bertz CT molecular complexity index is 1340. The molecule has 1 unspecified atom stereocenters. The number of carbonyl (C=O) groups is 1. The Hall–Kier alpha value is -3.76. The topological polar surface area (TPSA) is 102 Å². The molecule has 0 saturated carbocycles. The summed E-state index contributed by atoms with van der Waals surface area (Å²) < 4.78 is 47.0. The molecule has 1 saturated heterocycles. The number of fused-ring (bicyclic) bond motifs is 1. The Morgan fingerprint density at radius 2 is 1.97 bits per heavy atom. The standard InChI is InChI=1S/C24H26F3N5O3/c1-13(15-8-16(24(25,26)27)10-17(28)9-15)29-22-21-11-18(4-5-20(21)23(34)31(3)30-22)35-19-6-7-32(12-19)14(2)33/h4-5,8-11,13,19H,6-7,12,28H2,1-3H3,(H,29,30)/t13?,19-/m0/s1. The second kappa shape index (κ2) is 9.12. The normalized spacial score (nSPS) is 17.0. The van der Waals surface area contributed by atoms with Crippen molar-refractivity contribution in [2.24, 2.45) is 7.05 Å². The molecule has 3 N–H and O–H groups in total. The Labute approximate surface area is 199 Å².